The summed E-state index contributed by atoms with van der Waals surface area (Å²) >= 11 is 0. The highest BCUT2D eigenvalue weighted by atomic mass is 32.2. The molecule has 0 bridgehead atoms. The summed E-state index contributed by atoms with van der Waals surface area (Å²) in [5.74, 6) is 0.0512. The van der Waals surface area contributed by atoms with Gasteiger partial charge in [-0.3, -0.25) is 13.7 Å². The molecule has 0 radical (unpaired) electrons. The van der Waals surface area contributed by atoms with E-state index < -0.39 is 16.8 Å². The fourth-order valence-electron chi connectivity index (χ4n) is 1.59. The molecule has 0 saturated carbocycles. The van der Waals surface area contributed by atoms with Crippen LogP contribution in [0, 0.1) is 0 Å². The molecule has 0 aliphatic heterocycles. The molecule has 0 aliphatic rings. The van der Waals surface area contributed by atoms with Gasteiger partial charge in [-0.05, 0) is 17.7 Å². The fourth-order valence-corrected chi connectivity index (χ4v) is 2.69. The Labute approximate surface area is 112 Å². The van der Waals surface area contributed by atoms with Crippen molar-refractivity contribution in [2.75, 3.05) is 0 Å². The Kier molecular flexibility index (Phi) is 4.06. The van der Waals surface area contributed by atoms with E-state index in [0.29, 0.717) is 16.3 Å². The third-order valence-corrected chi connectivity index (χ3v) is 3.93. The number of aliphatic carboxylic acids is 1. The first-order chi connectivity index (χ1) is 9.06. The molecule has 0 amide bonds. The molecule has 1 unspecified atom stereocenters. The number of hydrogen-bond donors (Lipinski definition) is 1. The van der Waals surface area contributed by atoms with Gasteiger partial charge in [-0.1, -0.05) is 12.1 Å². The van der Waals surface area contributed by atoms with Gasteiger partial charge in [-0.15, -0.1) is 0 Å². The summed E-state index contributed by atoms with van der Waals surface area (Å²) in [6.07, 6.45) is 1.39. The first-order valence-electron chi connectivity index (χ1n) is 5.58. The van der Waals surface area contributed by atoms with Crippen LogP contribution < -0.4 is 0 Å². The SMILES string of the molecule is Cn1ncnc1CS(=O)c1ccc(CC(=O)O)cc1. The summed E-state index contributed by atoms with van der Waals surface area (Å²) in [7, 11) is 0.531. The minimum Gasteiger partial charge on any atom is -0.481 e. The summed E-state index contributed by atoms with van der Waals surface area (Å²) in [4.78, 5) is 15.2. The largest absolute Gasteiger partial charge is 0.481 e. The zero-order chi connectivity index (χ0) is 13.8. The highest BCUT2D eigenvalue weighted by Gasteiger charge is 2.09. The maximum atomic E-state index is 12.1. The van der Waals surface area contributed by atoms with Gasteiger partial charge in [-0.25, -0.2) is 4.98 Å². The van der Waals surface area contributed by atoms with Crippen molar-refractivity contribution < 1.29 is 14.1 Å². The number of aromatic nitrogens is 3. The van der Waals surface area contributed by atoms with Crippen molar-refractivity contribution in [2.45, 2.75) is 17.1 Å². The zero-order valence-corrected chi connectivity index (χ0v) is 11.1. The lowest BCUT2D eigenvalue weighted by Crippen LogP contribution is -2.05. The van der Waals surface area contributed by atoms with Crippen molar-refractivity contribution in [3.63, 3.8) is 0 Å². The number of aryl methyl sites for hydroxylation is 1. The Morgan fingerprint density at radius 1 is 1.37 bits per heavy atom. The van der Waals surface area contributed by atoms with Gasteiger partial charge in [0.25, 0.3) is 0 Å². The van der Waals surface area contributed by atoms with Crippen LogP contribution in [0.2, 0.25) is 0 Å². The van der Waals surface area contributed by atoms with E-state index in [2.05, 4.69) is 10.1 Å². The van der Waals surface area contributed by atoms with Crippen molar-refractivity contribution in [1.82, 2.24) is 14.8 Å². The molecular formula is C12H13N3O3S. The molecule has 1 N–H and O–H groups in total. The number of rotatable bonds is 5. The van der Waals surface area contributed by atoms with Gasteiger partial charge in [0.15, 0.2) is 0 Å². The van der Waals surface area contributed by atoms with E-state index in [0.717, 1.165) is 0 Å². The standard InChI is InChI=1S/C12H13N3O3S/c1-15-11(13-8-14-15)7-19(18)10-4-2-9(3-5-10)6-12(16)17/h2-5,8H,6-7H2,1H3,(H,16,17). The summed E-state index contributed by atoms with van der Waals surface area (Å²) in [5, 5.41) is 12.6. The number of benzene rings is 1. The lowest BCUT2D eigenvalue weighted by molar-refractivity contribution is -0.136. The molecule has 19 heavy (non-hydrogen) atoms. The van der Waals surface area contributed by atoms with Crippen LogP contribution >= 0.6 is 0 Å². The lowest BCUT2D eigenvalue weighted by atomic mass is 10.2. The highest BCUT2D eigenvalue weighted by molar-refractivity contribution is 7.84. The molecule has 2 aromatic rings. The summed E-state index contributed by atoms with van der Waals surface area (Å²) in [6.45, 7) is 0. The second kappa shape index (κ2) is 5.75. The molecule has 0 spiro atoms. The Bertz CT molecular complexity index is 607. The van der Waals surface area contributed by atoms with Crippen LogP contribution in [0.1, 0.15) is 11.4 Å². The predicted octanol–water partition coefficient (Wildman–Crippen LogP) is 0.750. The van der Waals surface area contributed by atoms with Gasteiger partial charge in [0.1, 0.15) is 12.2 Å². The van der Waals surface area contributed by atoms with Crippen molar-refractivity contribution >= 4 is 16.8 Å². The van der Waals surface area contributed by atoms with Crippen molar-refractivity contribution in [3.05, 3.63) is 42.0 Å². The van der Waals surface area contributed by atoms with Crippen LogP contribution in [0.4, 0.5) is 0 Å². The van der Waals surface area contributed by atoms with E-state index in [4.69, 9.17) is 5.11 Å². The van der Waals surface area contributed by atoms with Crippen LogP contribution in [-0.4, -0.2) is 30.0 Å². The van der Waals surface area contributed by atoms with Crippen LogP contribution in [0.25, 0.3) is 0 Å². The maximum Gasteiger partial charge on any atom is 0.307 e. The predicted molar refractivity (Wildman–Crippen MR) is 68.9 cm³/mol. The average Bonchev–Trinajstić information content (AvgIpc) is 2.75. The second-order valence-corrected chi connectivity index (χ2v) is 5.46. The van der Waals surface area contributed by atoms with Crippen molar-refractivity contribution in [2.24, 2.45) is 7.05 Å². The van der Waals surface area contributed by atoms with Crippen LogP contribution in [0.5, 0.6) is 0 Å². The molecule has 1 heterocycles. The van der Waals surface area contributed by atoms with Gasteiger partial charge in [0, 0.05) is 11.9 Å². The van der Waals surface area contributed by atoms with E-state index in [1.165, 1.54) is 6.33 Å². The van der Waals surface area contributed by atoms with Crippen LogP contribution in [0.15, 0.2) is 35.5 Å². The number of hydrogen-bond acceptors (Lipinski definition) is 4. The first kappa shape index (κ1) is 13.4. The topological polar surface area (TPSA) is 85.1 Å². The molecule has 0 saturated heterocycles. The molecule has 1 aromatic heterocycles. The van der Waals surface area contributed by atoms with E-state index in [9.17, 15) is 9.00 Å². The monoisotopic (exact) mass is 279 g/mol. The van der Waals surface area contributed by atoms with Gasteiger partial charge >= 0.3 is 5.97 Å². The molecule has 0 aliphatic carbocycles. The van der Waals surface area contributed by atoms with E-state index >= 15 is 0 Å². The summed E-state index contributed by atoms with van der Waals surface area (Å²) < 4.78 is 13.7. The molecule has 6 nitrogen and oxygen atoms in total. The van der Waals surface area contributed by atoms with E-state index in [-0.39, 0.29) is 12.2 Å². The second-order valence-electron chi connectivity index (χ2n) is 4.00. The molecule has 2 rings (SSSR count). The third kappa shape index (κ3) is 3.47. The molecule has 7 heteroatoms. The average molecular weight is 279 g/mol. The van der Waals surface area contributed by atoms with E-state index in [1.807, 2.05) is 0 Å². The number of carbonyl (C=O) groups is 1. The number of carboxylic acids is 1. The normalized spacial score (nSPS) is 12.3. The Morgan fingerprint density at radius 3 is 2.58 bits per heavy atom. The van der Waals surface area contributed by atoms with Crippen LogP contribution in [0.3, 0.4) is 0 Å². The molecule has 1 aromatic carbocycles. The molecular weight excluding hydrogens is 266 g/mol. The van der Waals surface area contributed by atoms with Crippen molar-refractivity contribution in [1.29, 1.82) is 0 Å². The quantitative estimate of drug-likeness (QED) is 0.873. The zero-order valence-electron chi connectivity index (χ0n) is 10.3. The molecule has 0 fully saturated rings. The van der Waals surface area contributed by atoms with E-state index in [1.54, 1.807) is 36.0 Å². The smallest absolute Gasteiger partial charge is 0.307 e. The number of nitrogens with zero attached hydrogens (tertiary/aromatic N) is 3. The van der Waals surface area contributed by atoms with Gasteiger partial charge in [-0.2, -0.15) is 5.10 Å². The van der Waals surface area contributed by atoms with Gasteiger partial charge in [0.05, 0.1) is 23.0 Å². The fraction of sp³-hybridized carbons (Fsp3) is 0.250. The minimum absolute atomic E-state index is 0.0315. The number of carboxylic acid groups (broad SMARTS) is 1. The highest BCUT2D eigenvalue weighted by Crippen LogP contribution is 2.12. The first-order valence-corrected chi connectivity index (χ1v) is 6.90. The molecule has 100 valence electrons. The summed E-state index contributed by atoms with van der Waals surface area (Å²) in [6, 6.07) is 6.73. The maximum absolute atomic E-state index is 12.1. The third-order valence-electron chi connectivity index (χ3n) is 2.61. The Morgan fingerprint density at radius 2 is 2.05 bits per heavy atom. The van der Waals surface area contributed by atoms with Gasteiger partial charge in [0.2, 0.25) is 0 Å². The van der Waals surface area contributed by atoms with Crippen LogP contribution in [-0.2, 0) is 34.8 Å². The minimum atomic E-state index is -1.21. The summed E-state index contributed by atoms with van der Waals surface area (Å²) in [5.41, 5.74) is 0.687. The lowest BCUT2D eigenvalue weighted by Gasteiger charge is -2.03. The van der Waals surface area contributed by atoms with Crippen molar-refractivity contribution in [3.8, 4) is 0 Å². The Balaban J connectivity index is 2.07. The Hall–Kier alpha value is -2.02. The molecule has 1 atom stereocenters. The van der Waals surface area contributed by atoms with Gasteiger partial charge < -0.3 is 5.11 Å².